The van der Waals surface area contributed by atoms with E-state index < -0.39 is 0 Å². The van der Waals surface area contributed by atoms with Crippen molar-refractivity contribution < 1.29 is 5.11 Å². The third kappa shape index (κ3) is 3.57. The predicted octanol–water partition coefficient (Wildman–Crippen LogP) is 1.71. The van der Waals surface area contributed by atoms with Crippen molar-refractivity contribution in [3.05, 3.63) is 30.1 Å². The summed E-state index contributed by atoms with van der Waals surface area (Å²) in [6.07, 6.45) is 2.25. The molecule has 5 heteroatoms. The second-order valence-corrected chi connectivity index (χ2v) is 7.01. The number of hydrogen-bond acceptors (Lipinski definition) is 4. The number of likely N-dealkylation sites (tertiary alicyclic amines) is 1. The van der Waals surface area contributed by atoms with Gasteiger partial charge in [-0.2, -0.15) is 0 Å². The van der Waals surface area contributed by atoms with Gasteiger partial charge in [-0.15, -0.1) is 0 Å². The van der Waals surface area contributed by atoms with E-state index in [9.17, 15) is 5.11 Å². The Balaban J connectivity index is 1.81. The molecule has 0 spiro atoms. The fourth-order valence-corrected chi connectivity index (χ4v) is 3.58. The SMILES string of the molecule is CN(C)[C@@H]1CC[C@H](CO)CN(Cc2nc3ccccc3n2C)C1. The fraction of sp³-hybridized carbons (Fsp3) is 0.611. The first-order chi connectivity index (χ1) is 11.1. The molecule has 0 aliphatic carbocycles. The molecule has 1 aromatic carbocycles. The minimum Gasteiger partial charge on any atom is -0.396 e. The molecular formula is C18H28N4O. The molecule has 0 bridgehead atoms. The number of rotatable bonds is 4. The first kappa shape index (κ1) is 16.4. The number of aryl methyl sites for hydroxylation is 1. The van der Waals surface area contributed by atoms with Gasteiger partial charge < -0.3 is 14.6 Å². The van der Waals surface area contributed by atoms with Crippen molar-refractivity contribution in [2.24, 2.45) is 13.0 Å². The summed E-state index contributed by atoms with van der Waals surface area (Å²) >= 11 is 0. The maximum absolute atomic E-state index is 9.63. The van der Waals surface area contributed by atoms with Crippen LogP contribution in [-0.4, -0.2) is 64.3 Å². The molecule has 1 N–H and O–H groups in total. The number of nitrogens with zero attached hydrogens (tertiary/aromatic N) is 4. The number of imidazole rings is 1. The molecule has 1 aliphatic heterocycles. The van der Waals surface area contributed by atoms with Crippen molar-refractivity contribution in [2.45, 2.75) is 25.4 Å². The Kier molecular flexibility index (Phi) is 4.99. The van der Waals surface area contributed by atoms with Gasteiger partial charge in [0.1, 0.15) is 5.82 Å². The molecule has 1 fully saturated rings. The number of likely N-dealkylation sites (N-methyl/N-ethyl adjacent to an activating group) is 1. The summed E-state index contributed by atoms with van der Waals surface area (Å²) in [6.45, 7) is 3.10. The number of para-hydroxylation sites is 2. The summed E-state index contributed by atoms with van der Waals surface area (Å²) in [4.78, 5) is 9.57. The maximum atomic E-state index is 9.63. The molecular weight excluding hydrogens is 288 g/mol. The first-order valence-corrected chi connectivity index (χ1v) is 8.48. The molecule has 1 saturated heterocycles. The van der Waals surface area contributed by atoms with Crippen LogP contribution in [0.15, 0.2) is 24.3 Å². The van der Waals surface area contributed by atoms with Crippen LogP contribution in [0, 0.1) is 5.92 Å². The molecule has 126 valence electrons. The third-order valence-electron chi connectivity index (χ3n) is 5.13. The number of aromatic nitrogens is 2. The Labute approximate surface area is 138 Å². The van der Waals surface area contributed by atoms with Crippen molar-refractivity contribution in [2.75, 3.05) is 33.8 Å². The first-order valence-electron chi connectivity index (χ1n) is 8.48. The molecule has 23 heavy (non-hydrogen) atoms. The van der Waals surface area contributed by atoms with Crippen molar-refractivity contribution in [3.8, 4) is 0 Å². The van der Waals surface area contributed by atoms with E-state index in [4.69, 9.17) is 4.98 Å². The van der Waals surface area contributed by atoms with Crippen molar-refractivity contribution in [3.63, 3.8) is 0 Å². The van der Waals surface area contributed by atoms with Gasteiger partial charge in [-0.05, 0) is 45.0 Å². The minimum atomic E-state index is 0.277. The van der Waals surface area contributed by atoms with Gasteiger partial charge in [-0.25, -0.2) is 4.98 Å². The lowest BCUT2D eigenvalue weighted by molar-refractivity contribution is 0.155. The average Bonchev–Trinajstić information content (AvgIpc) is 2.73. The molecule has 1 aromatic heterocycles. The van der Waals surface area contributed by atoms with Gasteiger partial charge in [0.25, 0.3) is 0 Å². The summed E-state index contributed by atoms with van der Waals surface area (Å²) in [6, 6.07) is 8.83. The molecule has 1 aliphatic rings. The van der Waals surface area contributed by atoms with Crippen molar-refractivity contribution >= 4 is 11.0 Å². The van der Waals surface area contributed by atoms with Crippen LogP contribution in [-0.2, 0) is 13.6 Å². The standard InChI is InChI=1S/C18H28N4O/c1-20(2)15-9-8-14(13-23)10-22(11-15)12-18-19-16-6-4-5-7-17(16)21(18)3/h4-7,14-15,23H,8-13H2,1-3H3/t14-,15+/m0/s1. The fourth-order valence-electron chi connectivity index (χ4n) is 3.58. The summed E-state index contributed by atoms with van der Waals surface area (Å²) in [7, 11) is 6.39. The van der Waals surface area contributed by atoms with Crippen LogP contribution in [0.2, 0.25) is 0 Å². The lowest BCUT2D eigenvalue weighted by atomic mass is 10.0. The van der Waals surface area contributed by atoms with Crippen molar-refractivity contribution in [1.82, 2.24) is 19.4 Å². The lowest BCUT2D eigenvalue weighted by Gasteiger charge is -2.28. The molecule has 2 aromatic rings. The van der Waals surface area contributed by atoms with Crippen LogP contribution in [0.5, 0.6) is 0 Å². The highest BCUT2D eigenvalue weighted by atomic mass is 16.3. The van der Waals surface area contributed by atoms with Crippen LogP contribution in [0.1, 0.15) is 18.7 Å². The maximum Gasteiger partial charge on any atom is 0.123 e. The van der Waals surface area contributed by atoms with Gasteiger partial charge >= 0.3 is 0 Å². The van der Waals surface area contributed by atoms with E-state index in [1.54, 1.807) is 0 Å². The van der Waals surface area contributed by atoms with E-state index in [1.807, 2.05) is 6.07 Å². The summed E-state index contributed by atoms with van der Waals surface area (Å²) in [5.41, 5.74) is 2.24. The molecule has 0 radical (unpaired) electrons. The molecule has 0 unspecified atom stereocenters. The van der Waals surface area contributed by atoms with E-state index in [-0.39, 0.29) is 6.61 Å². The Morgan fingerprint density at radius 1 is 1.22 bits per heavy atom. The quantitative estimate of drug-likeness (QED) is 0.933. The molecule has 2 heterocycles. The van der Waals surface area contributed by atoms with E-state index in [0.717, 1.165) is 43.8 Å². The van der Waals surface area contributed by atoms with Gasteiger partial charge in [-0.1, -0.05) is 12.1 Å². The minimum absolute atomic E-state index is 0.277. The lowest BCUT2D eigenvalue weighted by Crippen LogP contribution is -2.39. The number of hydrogen-bond donors (Lipinski definition) is 1. The van der Waals surface area contributed by atoms with Gasteiger partial charge in [0.15, 0.2) is 0 Å². The largest absolute Gasteiger partial charge is 0.396 e. The zero-order valence-electron chi connectivity index (χ0n) is 14.4. The van der Waals surface area contributed by atoms with Crippen LogP contribution in [0.25, 0.3) is 11.0 Å². The number of benzene rings is 1. The molecule has 5 nitrogen and oxygen atoms in total. The van der Waals surface area contributed by atoms with Crippen LogP contribution < -0.4 is 0 Å². The van der Waals surface area contributed by atoms with E-state index in [1.165, 1.54) is 5.52 Å². The highest BCUT2D eigenvalue weighted by Crippen LogP contribution is 2.22. The monoisotopic (exact) mass is 316 g/mol. The van der Waals surface area contributed by atoms with E-state index in [0.29, 0.717) is 12.0 Å². The highest BCUT2D eigenvalue weighted by molar-refractivity contribution is 5.75. The zero-order chi connectivity index (χ0) is 16.4. The highest BCUT2D eigenvalue weighted by Gasteiger charge is 2.26. The number of aliphatic hydroxyl groups excluding tert-OH is 1. The summed E-state index contributed by atoms with van der Waals surface area (Å²) in [5, 5.41) is 9.63. The predicted molar refractivity (Wildman–Crippen MR) is 93.3 cm³/mol. The van der Waals surface area contributed by atoms with Crippen LogP contribution in [0.4, 0.5) is 0 Å². The van der Waals surface area contributed by atoms with Crippen LogP contribution >= 0.6 is 0 Å². The summed E-state index contributed by atoms with van der Waals surface area (Å²) in [5.74, 6) is 1.47. The molecule has 0 saturated carbocycles. The Bertz CT molecular complexity index is 652. The second kappa shape index (κ2) is 6.99. The Morgan fingerprint density at radius 3 is 2.70 bits per heavy atom. The Morgan fingerprint density at radius 2 is 2.00 bits per heavy atom. The Hall–Kier alpha value is -1.43. The molecule has 2 atom stereocenters. The topological polar surface area (TPSA) is 44.5 Å². The van der Waals surface area contributed by atoms with Gasteiger partial charge in [0.05, 0.1) is 17.6 Å². The van der Waals surface area contributed by atoms with E-state index >= 15 is 0 Å². The molecule has 0 amide bonds. The second-order valence-electron chi connectivity index (χ2n) is 7.01. The normalized spacial score (nSPS) is 23.5. The van der Waals surface area contributed by atoms with Gasteiger partial charge in [0, 0.05) is 32.8 Å². The zero-order valence-corrected chi connectivity index (χ0v) is 14.4. The average molecular weight is 316 g/mol. The molecule has 3 rings (SSSR count). The van der Waals surface area contributed by atoms with Crippen molar-refractivity contribution in [1.29, 1.82) is 0 Å². The third-order valence-corrected chi connectivity index (χ3v) is 5.13. The van der Waals surface area contributed by atoms with Gasteiger partial charge in [0.2, 0.25) is 0 Å². The van der Waals surface area contributed by atoms with Crippen LogP contribution in [0.3, 0.4) is 0 Å². The van der Waals surface area contributed by atoms with Gasteiger partial charge in [-0.3, -0.25) is 4.90 Å². The number of fused-ring (bicyclic) bond motifs is 1. The smallest absolute Gasteiger partial charge is 0.123 e. The number of aliphatic hydroxyl groups is 1. The van der Waals surface area contributed by atoms with E-state index in [2.05, 4.69) is 53.7 Å². The summed E-state index contributed by atoms with van der Waals surface area (Å²) < 4.78 is 2.19.